The highest BCUT2D eigenvalue weighted by molar-refractivity contribution is 5.93. The predicted octanol–water partition coefficient (Wildman–Crippen LogP) is 3.72. The maximum absolute atomic E-state index is 5.48. The van der Waals surface area contributed by atoms with Crippen LogP contribution in [-0.2, 0) is 0 Å². The topological polar surface area (TPSA) is 21.6 Å². The molecule has 2 rings (SSSR count). The van der Waals surface area contributed by atoms with Crippen LogP contribution in [0.5, 0.6) is 5.75 Å². The van der Waals surface area contributed by atoms with Gasteiger partial charge in [-0.25, -0.2) is 0 Å². The smallest absolute Gasteiger partial charge is 0.127 e. The summed E-state index contributed by atoms with van der Waals surface area (Å²) in [5.41, 5.74) is 4.59. The van der Waals surface area contributed by atoms with Crippen LogP contribution >= 0.6 is 0 Å². The number of aliphatic imine (C=N–C) groups is 1. The normalized spacial score (nSPS) is 10.8. The summed E-state index contributed by atoms with van der Waals surface area (Å²) in [5, 5.41) is 0. The van der Waals surface area contributed by atoms with Crippen molar-refractivity contribution < 1.29 is 4.74 Å². The first-order valence-corrected chi connectivity index (χ1v) is 5.93. The molecule has 2 aromatic carbocycles. The summed E-state index contributed by atoms with van der Waals surface area (Å²) in [6.45, 7) is 2.11. The van der Waals surface area contributed by atoms with E-state index in [1.807, 2.05) is 30.5 Å². The molecule has 0 bridgehead atoms. The van der Waals surface area contributed by atoms with Crippen molar-refractivity contribution in [1.82, 2.24) is 0 Å². The molecule has 0 unspecified atom stereocenters. The first kappa shape index (κ1) is 12.4. The van der Waals surface area contributed by atoms with Gasteiger partial charge in [-0.15, -0.1) is 0 Å². The third-order valence-corrected chi connectivity index (χ3v) is 2.96. The molecule has 0 N–H and O–H groups in total. The minimum atomic E-state index is 0.877. The Balaban J connectivity index is 2.72. The lowest BCUT2D eigenvalue weighted by Gasteiger charge is -2.13. The zero-order chi connectivity index (χ0) is 13.0. The molecular weight excluding hydrogens is 222 g/mol. The highest BCUT2D eigenvalue weighted by atomic mass is 16.5. The van der Waals surface area contributed by atoms with E-state index < -0.39 is 0 Å². The Bertz CT molecular complexity index is 573. The zero-order valence-electron chi connectivity index (χ0n) is 11.0. The van der Waals surface area contributed by atoms with Crippen LogP contribution in [0.4, 0.5) is 0 Å². The molecule has 92 valence electrons. The molecule has 0 aliphatic heterocycles. The summed E-state index contributed by atoms with van der Waals surface area (Å²) < 4.78 is 5.48. The first-order chi connectivity index (χ1) is 8.77. The van der Waals surface area contributed by atoms with Gasteiger partial charge in [-0.05, 0) is 24.1 Å². The number of aryl methyl sites for hydroxylation is 1. The number of hydrogen-bond acceptors (Lipinski definition) is 2. The zero-order valence-corrected chi connectivity index (χ0v) is 11.0. The van der Waals surface area contributed by atoms with Gasteiger partial charge in [0.05, 0.1) is 7.11 Å². The van der Waals surface area contributed by atoms with E-state index in [9.17, 15) is 0 Å². The highest BCUT2D eigenvalue weighted by Crippen LogP contribution is 2.34. The SMILES string of the molecule is CN=Cc1cccc(OC)c1-c1ccccc1C. The van der Waals surface area contributed by atoms with Crippen molar-refractivity contribution in [2.45, 2.75) is 6.92 Å². The molecule has 2 aromatic rings. The lowest BCUT2D eigenvalue weighted by molar-refractivity contribution is 0.416. The van der Waals surface area contributed by atoms with Crippen LogP contribution in [0.1, 0.15) is 11.1 Å². The molecule has 0 fully saturated rings. The van der Waals surface area contributed by atoms with Gasteiger partial charge in [-0.3, -0.25) is 4.99 Å². The van der Waals surface area contributed by atoms with E-state index in [2.05, 4.69) is 30.1 Å². The quantitative estimate of drug-likeness (QED) is 0.748. The van der Waals surface area contributed by atoms with Crippen molar-refractivity contribution in [2.24, 2.45) is 4.99 Å². The second kappa shape index (κ2) is 5.50. The van der Waals surface area contributed by atoms with E-state index in [0.29, 0.717) is 0 Å². The molecular formula is C16H17NO. The van der Waals surface area contributed by atoms with E-state index in [0.717, 1.165) is 16.9 Å². The van der Waals surface area contributed by atoms with Crippen molar-refractivity contribution in [2.75, 3.05) is 14.2 Å². The molecule has 0 saturated heterocycles. The van der Waals surface area contributed by atoms with Gasteiger partial charge in [-0.2, -0.15) is 0 Å². The van der Waals surface area contributed by atoms with Gasteiger partial charge in [0.25, 0.3) is 0 Å². The number of nitrogens with zero attached hydrogens (tertiary/aromatic N) is 1. The molecule has 0 spiro atoms. The Kier molecular flexibility index (Phi) is 3.78. The maximum atomic E-state index is 5.48. The lowest BCUT2D eigenvalue weighted by atomic mass is 9.95. The van der Waals surface area contributed by atoms with E-state index in [1.165, 1.54) is 11.1 Å². The predicted molar refractivity (Wildman–Crippen MR) is 76.7 cm³/mol. The second-order valence-electron chi connectivity index (χ2n) is 4.13. The van der Waals surface area contributed by atoms with E-state index in [1.54, 1.807) is 14.2 Å². The monoisotopic (exact) mass is 239 g/mol. The summed E-state index contributed by atoms with van der Waals surface area (Å²) >= 11 is 0. The largest absolute Gasteiger partial charge is 0.496 e. The van der Waals surface area contributed by atoms with Crippen LogP contribution in [-0.4, -0.2) is 20.4 Å². The average Bonchev–Trinajstić information content (AvgIpc) is 2.40. The third kappa shape index (κ3) is 2.28. The highest BCUT2D eigenvalue weighted by Gasteiger charge is 2.11. The number of benzene rings is 2. The maximum Gasteiger partial charge on any atom is 0.127 e. The molecule has 2 nitrogen and oxygen atoms in total. The number of ether oxygens (including phenoxy) is 1. The number of rotatable bonds is 3. The van der Waals surface area contributed by atoms with Crippen LogP contribution < -0.4 is 4.74 Å². The average molecular weight is 239 g/mol. The molecule has 0 aliphatic rings. The van der Waals surface area contributed by atoms with E-state index in [-0.39, 0.29) is 0 Å². The van der Waals surface area contributed by atoms with Crippen LogP contribution in [0, 0.1) is 6.92 Å². The van der Waals surface area contributed by atoms with Gasteiger partial charge >= 0.3 is 0 Å². The van der Waals surface area contributed by atoms with Gasteiger partial charge in [-0.1, -0.05) is 36.4 Å². The van der Waals surface area contributed by atoms with Crippen LogP contribution in [0.15, 0.2) is 47.5 Å². The van der Waals surface area contributed by atoms with Gasteiger partial charge in [0.1, 0.15) is 5.75 Å². The summed E-state index contributed by atoms with van der Waals surface area (Å²) in [5.74, 6) is 0.877. The van der Waals surface area contributed by atoms with Crippen molar-refractivity contribution in [1.29, 1.82) is 0 Å². The lowest BCUT2D eigenvalue weighted by Crippen LogP contribution is -1.95. The Morgan fingerprint density at radius 2 is 1.83 bits per heavy atom. The molecule has 0 atom stereocenters. The van der Waals surface area contributed by atoms with Crippen molar-refractivity contribution in [3.05, 3.63) is 53.6 Å². The second-order valence-corrected chi connectivity index (χ2v) is 4.13. The minimum Gasteiger partial charge on any atom is -0.496 e. The molecule has 0 amide bonds. The molecule has 2 heteroatoms. The first-order valence-electron chi connectivity index (χ1n) is 5.93. The summed E-state index contributed by atoms with van der Waals surface area (Å²) in [7, 11) is 3.48. The Labute approximate surface area is 108 Å². The molecule has 18 heavy (non-hydrogen) atoms. The molecule has 0 aliphatic carbocycles. The third-order valence-electron chi connectivity index (χ3n) is 2.96. The van der Waals surface area contributed by atoms with Crippen molar-refractivity contribution in [3.8, 4) is 16.9 Å². The van der Waals surface area contributed by atoms with Crippen molar-refractivity contribution in [3.63, 3.8) is 0 Å². The van der Waals surface area contributed by atoms with Crippen molar-refractivity contribution >= 4 is 6.21 Å². The minimum absolute atomic E-state index is 0.877. The summed E-state index contributed by atoms with van der Waals surface area (Å²) in [6, 6.07) is 14.3. The summed E-state index contributed by atoms with van der Waals surface area (Å²) in [4.78, 5) is 4.12. The Hall–Kier alpha value is -2.09. The van der Waals surface area contributed by atoms with E-state index >= 15 is 0 Å². The fourth-order valence-corrected chi connectivity index (χ4v) is 2.11. The van der Waals surface area contributed by atoms with Gasteiger partial charge in [0, 0.05) is 24.4 Å². The van der Waals surface area contributed by atoms with Crippen LogP contribution in [0.25, 0.3) is 11.1 Å². The van der Waals surface area contributed by atoms with E-state index in [4.69, 9.17) is 4.74 Å². The molecule has 0 radical (unpaired) electrons. The fraction of sp³-hybridized carbons (Fsp3) is 0.188. The van der Waals surface area contributed by atoms with Gasteiger partial charge in [0.2, 0.25) is 0 Å². The molecule has 0 aromatic heterocycles. The number of methoxy groups -OCH3 is 1. The Morgan fingerprint density at radius 3 is 2.50 bits per heavy atom. The van der Waals surface area contributed by atoms with Gasteiger partial charge < -0.3 is 4.74 Å². The number of hydrogen-bond donors (Lipinski definition) is 0. The molecule has 0 saturated carbocycles. The Morgan fingerprint density at radius 1 is 1.06 bits per heavy atom. The standard InChI is InChI=1S/C16H17NO/c1-12-7-4-5-9-14(12)16-13(11-17-2)8-6-10-15(16)18-3/h4-11H,1-3H3. The molecule has 0 heterocycles. The van der Waals surface area contributed by atoms with Crippen LogP contribution in [0.2, 0.25) is 0 Å². The van der Waals surface area contributed by atoms with Crippen LogP contribution in [0.3, 0.4) is 0 Å². The fourth-order valence-electron chi connectivity index (χ4n) is 2.11. The summed E-state index contributed by atoms with van der Waals surface area (Å²) in [6.07, 6.45) is 1.87. The van der Waals surface area contributed by atoms with Gasteiger partial charge in [0.15, 0.2) is 0 Å².